The molecule has 0 unspecified atom stereocenters. The van der Waals surface area contributed by atoms with Crippen molar-refractivity contribution in [2.45, 2.75) is 0 Å². The highest BCUT2D eigenvalue weighted by Gasteiger charge is 2.06. The highest BCUT2D eigenvalue weighted by Crippen LogP contribution is 2.27. The van der Waals surface area contributed by atoms with Crippen LogP contribution in [0.3, 0.4) is 0 Å². The summed E-state index contributed by atoms with van der Waals surface area (Å²) in [5.41, 5.74) is 6.03. The number of rotatable bonds is 3. The highest BCUT2D eigenvalue weighted by atomic mass is 35.5. The molecule has 96 valence electrons. The van der Waals surface area contributed by atoms with Crippen LogP contribution in [-0.2, 0) is 0 Å². The molecule has 8 heteroatoms. The molecule has 0 atom stereocenters. The fourth-order valence-electron chi connectivity index (χ4n) is 1.59. The zero-order chi connectivity index (χ0) is 13.2. The maximum Gasteiger partial charge on any atom is 0.239 e. The number of nitrogens with two attached hydrogens (primary N) is 1. The Kier molecular flexibility index (Phi) is 3.16. The monoisotopic (exact) mass is 292 g/mol. The number of nitrogens with one attached hydrogen (secondary N) is 2. The zero-order valence-electron chi connectivity index (χ0n) is 9.59. The van der Waals surface area contributed by atoms with Gasteiger partial charge >= 0.3 is 0 Å². The van der Waals surface area contributed by atoms with Gasteiger partial charge < -0.3 is 5.32 Å². The van der Waals surface area contributed by atoms with Crippen molar-refractivity contribution in [3.8, 4) is 0 Å². The molecule has 3 aromatic rings. The molecule has 0 aliphatic rings. The Labute approximate surface area is 117 Å². The third-order valence-corrected chi connectivity index (χ3v) is 3.54. The van der Waals surface area contributed by atoms with E-state index in [1.54, 1.807) is 11.3 Å². The summed E-state index contributed by atoms with van der Waals surface area (Å²) < 4.78 is 1.09. The molecule has 6 nitrogen and oxygen atoms in total. The lowest BCUT2D eigenvalue weighted by Crippen LogP contribution is -2.11. The van der Waals surface area contributed by atoms with Gasteiger partial charge in [-0.05, 0) is 18.2 Å². The number of nitrogens with zero attached hydrogens (tertiary/aromatic N) is 3. The van der Waals surface area contributed by atoms with Crippen molar-refractivity contribution < 1.29 is 0 Å². The van der Waals surface area contributed by atoms with Gasteiger partial charge in [0.2, 0.25) is 5.95 Å². The van der Waals surface area contributed by atoms with Crippen molar-refractivity contribution in [3.05, 3.63) is 34.9 Å². The second kappa shape index (κ2) is 4.96. The number of hydrogen-bond acceptors (Lipinski definition) is 7. The normalized spacial score (nSPS) is 10.6. The number of halogens is 1. The average Bonchev–Trinajstić information content (AvgIpc) is 2.89. The number of hydrogen-bond donors (Lipinski definition) is 3. The van der Waals surface area contributed by atoms with E-state index >= 15 is 0 Å². The van der Waals surface area contributed by atoms with Crippen LogP contribution in [0.25, 0.3) is 10.2 Å². The Morgan fingerprint density at radius 3 is 3.00 bits per heavy atom. The van der Waals surface area contributed by atoms with E-state index in [0.717, 1.165) is 15.9 Å². The molecule has 0 aliphatic heterocycles. The van der Waals surface area contributed by atoms with Crippen molar-refractivity contribution >= 4 is 50.6 Å². The van der Waals surface area contributed by atoms with E-state index in [1.165, 1.54) is 6.20 Å². The quantitative estimate of drug-likeness (QED) is 0.508. The molecule has 0 spiro atoms. The Hall–Kier alpha value is -1.96. The number of nitrogen functional groups attached to an aromatic ring is 1. The topological polar surface area (TPSA) is 88.8 Å². The lowest BCUT2D eigenvalue weighted by molar-refractivity contribution is 1.12. The third kappa shape index (κ3) is 2.43. The lowest BCUT2D eigenvalue weighted by atomic mass is 10.3. The van der Waals surface area contributed by atoms with Gasteiger partial charge in [-0.1, -0.05) is 11.6 Å². The Morgan fingerprint density at radius 2 is 2.16 bits per heavy atom. The second-order valence-corrected chi connectivity index (χ2v) is 4.99. The van der Waals surface area contributed by atoms with Crippen molar-refractivity contribution in [1.29, 1.82) is 0 Å². The summed E-state index contributed by atoms with van der Waals surface area (Å²) in [5.74, 6) is 6.06. The van der Waals surface area contributed by atoms with E-state index in [1.807, 2.05) is 23.7 Å². The van der Waals surface area contributed by atoms with Crippen LogP contribution in [0.5, 0.6) is 0 Å². The number of thiazole rings is 1. The molecule has 0 aliphatic carbocycles. The maximum atomic E-state index is 6.03. The molecule has 4 N–H and O–H groups in total. The van der Waals surface area contributed by atoms with Gasteiger partial charge in [0.05, 0.1) is 21.9 Å². The molecular formula is C11H9ClN6S. The highest BCUT2D eigenvalue weighted by molar-refractivity contribution is 7.16. The summed E-state index contributed by atoms with van der Waals surface area (Å²) in [7, 11) is 0. The molecule has 0 saturated carbocycles. The van der Waals surface area contributed by atoms with Crippen molar-refractivity contribution in [1.82, 2.24) is 15.0 Å². The van der Waals surface area contributed by atoms with Crippen LogP contribution in [0.1, 0.15) is 0 Å². The summed E-state index contributed by atoms with van der Waals surface area (Å²) in [4.78, 5) is 12.3. The van der Waals surface area contributed by atoms with Crippen LogP contribution < -0.4 is 16.6 Å². The minimum Gasteiger partial charge on any atom is -0.339 e. The average molecular weight is 293 g/mol. The van der Waals surface area contributed by atoms with E-state index in [2.05, 4.69) is 25.7 Å². The molecule has 3 rings (SSSR count). The van der Waals surface area contributed by atoms with Crippen molar-refractivity contribution in [2.24, 2.45) is 5.84 Å². The van der Waals surface area contributed by atoms with Gasteiger partial charge in [-0.3, -0.25) is 5.43 Å². The van der Waals surface area contributed by atoms with Crippen LogP contribution in [0, 0.1) is 0 Å². The molecule has 2 aromatic heterocycles. The summed E-state index contributed by atoms with van der Waals surface area (Å²) >= 11 is 7.61. The van der Waals surface area contributed by atoms with Gasteiger partial charge in [0.15, 0.2) is 5.82 Å². The fourth-order valence-corrected chi connectivity index (χ4v) is 2.45. The maximum absolute atomic E-state index is 6.03. The Balaban J connectivity index is 1.95. The van der Waals surface area contributed by atoms with Gasteiger partial charge in [0.25, 0.3) is 0 Å². The Morgan fingerprint density at radius 1 is 1.26 bits per heavy atom. The summed E-state index contributed by atoms with van der Waals surface area (Å²) in [6.07, 6.45) is 1.48. The smallest absolute Gasteiger partial charge is 0.239 e. The van der Waals surface area contributed by atoms with Crippen LogP contribution in [0.4, 0.5) is 17.5 Å². The number of anilines is 3. The molecule has 0 fully saturated rings. The number of fused-ring (bicyclic) bond motifs is 1. The van der Waals surface area contributed by atoms with Crippen molar-refractivity contribution in [2.75, 3.05) is 10.7 Å². The first-order valence-electron chi connectivity index (χ1n) is 5.36. The van der Waals surface area contributed by atoms with E-state index in [0.29, 0.717) is 16.8 Å². The zero-order valence-corrected chi connectivity index (χ0v) is 11.2. The van der Waals surface area contributed by atoms with Gasteiger partial charge in [-0.2, -0.15) is 4.98 Å². The number of hydrazine groups is 1. The van der Waals surface area contributed by atoms with Crippen LogP contribution in [0.2, 0.25) is 5.02 Å². The van der Waals surface area contributed by atoms with Gasteiger partial charge in [0, 0.05) is 5.69 Å². The summed E-state index contributed by atoms with van der Waals surface area (Å²) in [5, 5.41) is 3.55. The molecule has 0 bridgehead atoms. The molecule has 0 saturated heterocycles. The minimum atomic E-state index is 0.297. The first-order valence-corrected chi connectivity index (χ1v) is 6.61. The largest absolute Gasteiger partial charge is 0.339 e. The van der Waals surface area contributed by atoms with Gasteiger partial charge in [-0.25, -0.2) is 15.8 Å². The molecule has 2 heterocycles. The molecular weight excluding hydrogens is 284 g/mol. The van der Waals surface area contributed by atoms with E-state index in [9.17, 15) is 0 Å². The molecule has 0 amide bonds. The van der Waals surface area contributed by atoms with E-state index in [4.69, 9.17) is 17.4 Å². The second-order valence-electron chi connectivity index (χ2n) is 3.69. The number of aromatic nitrogens is 3. The SMILES string of the molecule is NNc1ncc(Cl)c(Nc2ccc3ncsc3c2)n1. The standard InChI is InChI=1S/C11H9ClN6S/c12-7-4-14-11(18-13)17-10(7)16-6-1-2-8-9(3-6)19-5-15-8/h1-5H,13H2,(H2,14,16,17,18). The molecule has 0 radical (unpaired) electrons. The predicted octanol–water partition coefficient (Wildman–Crippen LogP) is 2.77. The molecule has 19 heavy (non-hydrogen) atoms. The third-order valence-electron chi connectivity index (χ3n) is 2.47. The minimum absolute atomic E-state index is 0.297. The first-order chi connectivity index (χ1) is 9.26. The fraction of sp³-hybridized carbons (Fsp3) is 0. The summed E-state index contributed by atoms with van der Waals surface area (Å²) in [6.45, 7) is 0. The first kappa shape index (κ1) is 12.1. The van der Waals surface area contributed by atoms with Gasteiger partial charge in [-0.15, -0.1) is 11.3 Å². The number of benzene rings is 1. The lowest BCUT2D eigenvalue weighted by Gasteiger charge is -2.08. The van der Waals surface area contributed by atoms with Crippen LogP contribution >= 0.6 is 22.9 Å². The van der Waals surface area contributed by atoms with E-state index in [-0.39, 0.29) is 0 Å². The Bertz CT molecular complexity index is 728. The van der Waals surface area contributed by atoms with Crippen molar-refractivity contribution in [3.63, 3.8) is 0 Å². The predicted molar refractivity (Wildman–Crippen MR) is 77.8 cm³/mol. The van der Waals surface area contributed by atoms with Crippen LogP contribution in [-0.4, -0.2) is 15.0 Å². The molecule has 1 aromatic carbocycles. The van der Waals surface area contributed by atoms with Gasteiger partial charge in [0.1, 0.15) is 5.02 Å². The van der Waals surface area contributed by atoms with E-state index < -0.39 is 0 Å². The van der Waals surface area contributed by atoms with Crippen LogP contribution in [0.15, 0.2) is 29.9 Å². The summed E-state index contributed by atoms with van der Waals surface area (Å²) in [6, 6.07) is 5.84.